The van der Waals surface area contributed by atoms with E-state index in [4.69, 9.17) is 16.3 Å². The Hall–Kier alpha value is -4.96. The van der Waals surface area contributed by atoms with Gasteiger partial charge >= 0.3 is 0 Å². The number of phenolic OH excluding ortho intramolecular Hbond substituents is 1. The van der Waals surface area contributed by atoms with Crippen LogP contribution in [0, 0.1) is 35.4 Å². The van der Waals surface area contributed by atoms with Crippen LogP contribution >= 0.6 is 11.6 Å². The summed E-state index contributed by atoms with van der Waals surface area (Å²) in [4.78, 5) is 58.8. The minimum Gasteiger partial charge on any atom is -0.508 e. The minimum absolute atomic E-state index is 0.0583. The van der Waals surface area contributed by atoms with Crippen LogP contribution in [0.2, 0.25) is 5.02 Å². The number of anilines is 1. The van der Waals surface area contributed by atoms with Crippen molar-refractivity contribution in [3.05, 3.63) is 112 Å². The summed E-state index contributed by atoms with van der Waals surface area (Å²) in [7, 11) is 0. The van der Waals surface area contributed by atoms with Crippen LogP contribution in [0.5, 0.6) is 11.5 Å². The first-order chi connectivity index (χ1) is 23.6. The van der Waals surface area contributed by atoms with Gasteiger partial charge in [0.05, 0.1) is 35.1 Å². The number of halogens is 2. The quantitative estimate of drug-likeness (QED) is 0.245. The molecule has 0 radical (unpaired) electrons. The van der Waals surface area contributed by atoms with Gasteiger partial charge in [0, 0.05) is 29.5 Å². The zero-order chi connectivity index (χ0) is 34.2. The van der Waals surface area contributed by atoms with Crippen molar-refractivity contribution in [2.75, 3.05) is 12.0 Å². The zero-order valence-corrected chi connectivity index (χ0v) is 27.3. The highest BCUT2D eigenvalue weighted by Crippen LogP contribution is 2.63. The second-order valence-electron chi connectivity index (χ2n) is 13.5. The van der Waals surface area contributed by atoms with Gasteiger partial charge < -0.3 is 9.84 Å². The van der Waals surface area contributed by atoms with Crippen molar-refractivity contribution in [1.29, 1.82) is 0 Å². The second kappa shape index (κ2) is 11.6. The average Bonchev–Trinajstić information content (AvgIpc) is 3.46. The Kier molecular flexibility index (Phi) is 7.40. The van der Waals surface area contributed by atoms with Crippen molar-refractivity contribution in [2.45, 2.75) is 38.0 Å². The average molecular weight is 682 g/mol. The topological polar surface area (TPSA) is 116 Å². The lowest BCUT2D eigenvalue weighted by Crippen LogP contribution is -2.55. The number of carbonyl (C=O) groups is 4. The predicted molar refractivity (Wildman–Crippen MR) is 177 cm³/mol. The van der Waals surface area contributed by atoms with E-state index >= 15 is 4.79 Å². The minimum atomic E-state index is -1.50. The molecule has 3 heterocycles. The number of nitrogens with zero attached hydrogens (tertiary/aromatic N) is 2. The monoisotopic (exact) mass is 681 g/mol. The Morgan fingerprint density at radius 2 is 1.73 bits per heavy atom. The van der Waals surface area contributed by atoms with Gasteiger partial charge in [-0.05, 0) is 90.9 Å². The van der Waals surface area contributed by atoms with Crippen LogP contribution in [0.3, 0.4) is 0 Å². The Morgan fingerprint density at radius 3 is 2.47 bits per heavy atom. The van der Waals surface area contributed by atoms with Crippen molar-refractivity contribution >= 4 is 40.9 Å². The Balaban J connectivity index is 1.33. The number of allylic oxidation sites excluding steroid dienone is 3. The maximum atomic E-state index is 15.2. The molecule has 250 valence electrons. The van der Waals surface area contributed by atoms with Gasteiger partial charge in [-0.2, -0.15) is 5.01 Å². The fourth-order valence-electron chi connectivity index (χ4n) is 8.98. The fourth-order valence-corrected chi connectivity index (χ4v) is 9.11. The molecule has 49 heavy (non-hydrogen) atoms. The highest BCUT2D eigenvalue weighted by atomic mass is 35.5. The molecule has 1 saturated carbocycles. The van der Waals surface area contributed by atoms with Crippen LogP contribution in [0.25, 0.3) is 0 Å². The van der Waals surface area contributed by atoms with Crippen molar-refractivity contribution < 1.29 is 33.4 Å². The summed E-state index contributed by atoms with van der Waals surface area (Å²) in [5.74, 6) is -4.72. The van der Waals surface area contributed by atoms with Crippen LogP contribution in [0.4, 0.5) is 10.1 Å². The molecule has 2 N–H and O–H groups in total. The lowest BCUT2D eigenvalue weighted by Gasteiger charge is -2.51. The number of aromatic hydroxyl groups is 1. The molecule has 4 amide bonds. The Morgan fingerprint density at radius 1 is 0.980 bits per heavy atom. The second-order valence-corrected chi connectivity index (χ2v) is 13.9. The summed E-state index contributed by atoms with van der Waals surface area (Å²) in [6.45, 7) is 2.24. The van der Waals surface area contributed by atoms with Crippen LogP contribution in [-0.4, -0.2) is 45.2 Å². The van der Waals surface area contributed by atoms with E-state index in [0.717, 1.165) is 10.6 Å². The first-order valence-corrected chi connectivity index (χ1v) is 16.9. The van der Waals surface area contributed by atoms with E-state index in [-0.39, 0.29) is 24.0 Å². The number of hydrazine groups is 1. The first kappa shape index (κ1) is 31.3. The molecular weight excluding hydrogens is 649 g/mol. The number of hydrogen-bond acceptors (Lipinski definition) is 7. The summed E-state index contributed by atoms with van der Waals surface area (Å²) >= 11 is 6.36. The van der Waals surface area contributed by atoms with Gasteiger partial charge in [0.2, 0.25) is 11.8 Å². The molecule has 3 aromatic rings. The van der Waals surface area contributed by atoms with Crippen molar-refractivity contribution in [3.63, 3.8) is 0 Å². The number of benzene rings is 3. The third kappa shape index (κ3) is 4.64. The van der Waals surface area contributed by atoms with Gasteiger partial charge in [-0.3, -0.25) is 29.5 Å². The number of likely N-dealkylation sites (tertiary alicyclic amines) is 1. The standard InChI is InChI=1S/C38H33ClFN3O6/c1-2-15-42-34(45)28-13-12-27-29(32(28)36(42)47)18-30-35(46)43(41-25-9-7-24(40)8-10-25)37(48)38(30,22-3-5-23(39)6-4-22)33(27)21-16-20-17-26(44)11-14-31(20)49-19-21/h3-12,14,17,19,28-30,32-33,41,44H,2,13,15-16,18H2,1H3. The fraction of sp³-hybridized carbons (Fsp3) is 0.316. The van der Waals surface area contributed by atoms with Crippen LogP contribution < -0.4 is 10.2 Å². The molecule has 6 atom stereocenters. The molecule has 0 bridgehead atoms. The first-order valence-electron chi connectivity index (χ1n) is 16.5. The van der Waals surface area contributed by atoms with Crippen LogP contribution in [0.15, 0.2) is 90.2 Å². The highest BCUT2D eigenvalue weighted by Gasteiger charge is 2.70. The number of imide groups is 2. The normalized spacial score (nSPS) is 28.7. The molecule has 3 fully saturated rings. The molecule has 6 unspecified atom stereocenters. The largest absolute Gasteiger partial charge is 0.508 e. The van der Waals surface area contributed by atoms with Gasteiger partial charge in [-0.25, -0.2) is 4.39 Å². The number of hydrogen-bond donors (Lipinski definition) is 2. The third-order valence-corrected chi connectivity index (χ3v) is 11.2. The smallest absolute Gasteiger partial charge is 0.260 e. The molecule has 3 aromatic carbocycles. The van der Waals surface area contributed by atoms with Crippen molar-refractivity contribution in [3.8, 4) is 11.5 Å². The molecule has 2 saturated heterocycles. The summed E-state index contributed by atoms with van der Waals surface area (Å²) in [6, 6.07) is 17.1. The lowest BCUT2D eigenvalue weighted by molar-refractivity contribution is -0.141. The van der Waals surface area contributed by atoms with Gasteiger partial charge in [0.15, 0.2) is 0 Å². The van der Waals surface area contributed by atoms with E-state index in [1.54, 1.807) is 42.7 Å². The molecule has 2 aliphatic carbocycles. The van der Waals surface area contributed by atoms with E-state index in [1.807, 2.05) is 13.0 Å². The van der Waals surface area contributed by atoms with E-state index < -0.39 is 52.6 Å². The third-order valence-electron chi connectivity index (χ3n) is 10.9. The summed E-state index contributed by atoms with van der Waals surface area (Å²) in [5, 5.41) is 11.8. The van der Waals surface area contributed by atoms with Crippen molar-refractivity contribution in [2.24, 2.45) is 29.6 Å². The molecule has 5 aliphatic rings. The molecule has 9 nitrogen and oxygen atoms in total. The van der Waals surface area contributed by atoms with Gasteiger partial charge in [0.25, 0.3) is 11.8 Å². The maximum Gasteiger partial charge on any atom is 0.260 e. The lowest BCUT2D eigenvalue weighted by atomic mass is 9.48. The number of carbonyl (C=O) groups excluding carboxylic acids is 4. The molecule has 3 aliphatic heterocycles. The molecule has 11 heteroatoms. The zero-order valence-electron chi connectivity index (χ0n) is 26.6. The Bertz CT molecular complexity index is 1980. The Labute approximate surface area is 286 Å². The molecular formula is C38H33ClFN3O6. The van der Waals surface area contributed by atoms with Crippen LogP contribution in [0.1, 0.15) is 37.3 Å². The maximum absolute atomic E-state index is 15.2. The van der Waals surface area contributed by atoms with Gasteiger partial charge in [0.1, 0.15) is 17.3 Å². The number of rotatable bonds is 6. The number of phenols is 1. The van der Waals surface area contributed by atoms with E-state index in [1.165, 1.54) is 35.2 Å². The number of nitrogens with one attached hydrogen (secondary N) is 1. The highest BCUT2D eigenvalue weighted by molar-refractivity contribution is 6.30. The van der Waals surface area contributed by atoms with E-state index in [9.17, 15) is 23.9 Å². The van der Waals surface area contributed by atoms with Gasteiger partial charge in [-0.15, -0.1) is 0 Å². The summed E-state index contributed by atoms with van der Waals surface area (Å²) in [6.07, 6.45) is 5.02. The molecule has 0 spiro atoms. The number of ether oxygens (including phenoxy) is 1. The summed E-state index contributed by atoms with van der Waals surface area (Å²) in [5.41, 5.74) is 4.58. The SMILES string of the molecule is CCCN1C(=O)C2CC=C3C(CC4C(=O)N(Nc5ccc(F)cc5)C(=O)C4(c4ccc(Cl)cc4)C3C3=COc4ccc(O)cc4C3)C2C1=O. The van der Waals surface area contributed by atoms with Gasteiger partial charge in [-0.1, -0.05) is 42.3 Å². The van der Waals surface area contributed by atoms with Crippen LogP contribution in [-0.2, 0) is 31.0 Å². The molecule has 8 rings (SSSR count). The van der Waals surface area contributed by atoms with E-state index in [0.29, 0.717) is 59.0 Å². The van der Waals surface area contributed by atoms with Crippen molar-refractivity contribution in [1.82, 2.24) is 9.91 Å². The number of amides is 4. The summed E-state index contributed by atoms with van der Waals surface area (Å²) < 4.78 is 20.0. The van der Waals surface area contributed by atoms with E-state index in [2.05, 4.69) is 5.43 Å². The molecule has 0 aromatic heterocycles. The predicted octanol–water partition coefficient (Wildman–Crippen LogP) is 5.93. The number of fused-ring (bicyclic) bond motifs is 5.